The predicted molar refractivity (Wildman–Crippen MR) is 99.0 cm³/mol. The van der Waals surface area contributed by atoms with Crippen molar-refractivity contribution in [2.75, 3.05) is 19.8 Å². The number of amides is 1. The van der Waals surface area contributed by atoms with E-state index in [-0.39, 0.29) is 5.91 Å². The third kappa shape index (κ3) is 4.22. The zero-order chi connectivity index (χ0) is 16.9. The van der Waals surface area contributed by atoms with Crippen LogP contribution >= 0.6 is 15.9 Å². The van der Waals surface area contributed by atoms with E-state index >= 15 is 0 Å². The van der Waals surface area contributed by atoms with E-state index in [1.54, 1.807) is 0 Å². The van der Waals surface area contributed by atoms with E-state index in [2.05, 4.69) is 43.3 Å². The van der Waals surface area contributed by atoms with Crippen molar-refractivity contribution >= 4 is 21.8 Å². The lowest BCUT2D eigenvalue weighted by molar-refractivity contribution is 0.0910. The van der Waals surface area contributed by atoms with E-state index in [1.807, 2.05) is 37.4 Å². The normalized spacial score (nSPS) is 16.1. The van der Waals surface area contributed by atoms with Crippen molar-refractivity contribution in [3.63, 3.8) is 0 Å². The van der Waals surface area contributed by atoms with Gasteiger partial charge in [-0.25, -0.2) is 0 Å². The van der Waals surface area contributed by atoms with Crippen LogP contribution in [0.2, 0.25) is 0 Å². The van der Waals surface area contributed by atoms with Gasteiger partial charge in [-0.2, -0.15) is 0 Å². The lowest BCUT2D eigenvalue weighted by Crippen LogP contribution is -2.41. The zero-order valence-electron chi connectivity index (χ0n) is 13.8. The molecule has 2 heterocycles. The highest BCUT2D eigenvalue weighted by atomic mass is 79.9. The number of benzene rings is 1. The fraction of sp³-hybridized carbons (Fsp3) is 0.368. The number of rotatable bonds is 4. The number of piperidine rings is 1. The molecule has 0 aliphatic carbocycles. The van der Waals surface area contributed by atoms with Crippen LogP contribution < -0.4 is 5.32 Å². The molecule has 0 unspecified atom stereocenters. The number of aromatic nitrogens is 1. The number of pyridine rings is 1. The van der Waals surface area contributed by atoms with Crippen LogP contribution in [0.3, 0.4) is 0 Å². The highest BCUT2D eigenvalue weighted by Gasteiger charge is 2.21. The molecule has 1 aliphatic rings. The Morgan fingerprint density at radius 3 is 2.75 bits per heavy atom. The molecule has 0 saturated carbocycles. The fourth-order valence-corrected chi connectivity index (χ4v) is 3.32. The first-order valence-electron chi connectivity index (χ1n) is 8.31. The summed E-state index contributed by atoms with van der Waals surface area (Å²) in [6.45, 7) is 4.56. The molecule has 1 aliphatic heterocycles. The van der Waals surface area contributed by atoms with Crippen LogP contribution in [0.4, 0.5) is 0 Å². The van der Waals surface area contributed by atoms with Gasteiger partial charge in [0.15, 0.2) is 0 Å². The van der Waals surface area contributed by atoms with E-state index in [0.29, 0.717) is 18.2 Å². The minimum absolute atomic E-state index is 0.0163. The molecule has 2 aromatic rings. The summed E-state index contributed by atoms with van der Waals surface area (Å²) in [6.07, 6.45) is 4.04. The van der Waals surface area contributed by atoms with Gasteiger partial charge in [0.2, 0.25) is 0 Å². The van der Waals surface area contributed by atoms with Gasteiger partial charge in [-0.05, 0) is 55.7 Å². The summed E-state index contributed by atoms with van der Waals surface area (Å²) in [5.41, 5.74) is 2.96. The van der Waals surface area contributed by atoms with Crippen LogP contribution in [0.25, 0.3) is 0 Å². The molecule has 24 heavy (non-hydrogen) atoms. The number of carbonyl (C=O) groups excluding carboxylic acids is 1. The second kappa shape index (κ2) is 7.90. The molecule has 1 aromatic heterocycles. The van der Waals surface area contributed by atoms with Crippen LogP contribution in [0.15, 0.2) is 47.1 Å². The van der Waals surface area contributed by atoms with Gasteiger partial charge < -0.3 is 5.32 Å². The average Bonchev–Trinajstić information content (AvgIpc) is 2.63. The molecule has 0 spiro atoms. The van der Waals surface area contributed by atoms with Crippen LogP contribution in [0, 0.1) is 6.92 Å². The maximum Gasteiger partial charge on any atom is 0.252 e. The van der Waals surface area contributed by atoms with E-state index in [0.717, 1.165) is 36.0 Å². The summed E-state index contributed by atoms with van der Waals surface area (Å²) in [5, 5.41) is 3.03. The molecule has 0 radical (unpaired) electrons. The second-order valence-corrected chi connectivity index (χ2v) is 7.13. The third-order valence-electron chi connectivity index (χ3n) is 4.58. The highest BCUT2D eigenvalue weighted by Crippen LogP contribution is 2.25. The molecule has 1 saturated heterocycles. The Labute approximate surface area is 151 Å². The Hall–Kier alpha value is -1.72. The second-order valence-electron chi connectivity index (χ2n) is 6.27. The van der Waals surface area contributed by atoms with E-state index < -0.39 is 0 Å². The summed E-state index contributed by atoms with van der Waals surface area (Å²) in [4.78, 5) is 19.0. The van der Waals surface area contributed by atoms with Gasteiger partial charge in [0, 0.05) is 40.9 Å². The van der Waals surface area contributed by atoms with Gasteiger partial charge >= 0.3 is 0 Å². The summed E-state index contributed by atoms with van der Waals surface area (Å²) >= 11 is 3.46. The number of halogens is 1. The van der Waals surface area contributed by atoms with Crippen molar-refractivity contribution in [2.24, 2.45) is 0 Å². The Balaban J connectivity index is 1.48. The van der Waals surface area contributed by atoms with E-state index in [9.17, 15) is 4.79 Å². The molecular formula is C19H22BrN3O. The molecule has 0 bridgehead atoms. The van der Waals surface area contributed by atoms with Gasteiger partial charge in [0.25, 0.3) is 5.91 Å². The van der Waals surface area contributed by atoms with Gasteiger partial charge in [-0.15, -0.1) is 0 Å². The van der Waals surface area contributed by atoms with E-state index in [4.69, 9.17) is 0 Å². The maximum absolute atomic E-state index is 12.3. The smallest absolute Gasteiger partial charge is 0.252 e. The Kier molecular flexibility index (Phi) is 5.63. The Bertz CT molecular complexity index is 697. The van der Waals surface area contributed by atoms with Crippen molar-refractivity contribution in [3.05, 3.63) is 63.9 Å². The number of hydrogen-bond acceptors (Lipinski definition) is 3. The fourth-order valence-electron chi connectivity index (χ4n) is 3.08. The lowest BCUT2D eigenvalue weighted by atomic mass is 9.93. The quantitative estimate of drug-likeness (QED) is 0.869. The molecule has 1 amide bonds. The number of nitrogens with one attached hydrogen (secondary N) is 1. The summed E-state index contributed by atoms with van der Waals surface area (Å²) < 4.78 is 1.02. The van der Waals surface area contributed by atoms with E-state index in [1.165, 1.54) is 5.69 Å². The van der Waals surface area contributed by atoms with Crippen molar-refractivity contribution in [1.82, 2.24) is 15.2 Å². The summed E-state index contributed by atoms with van der Waals surface area (Å²) in [5.74, 6) is 0.518. The first kappa shape index (κ1) is 17.1. The van der Waals surface area contributed by atoms with Gasteiger partial charge in [0.1, 0.15) is 0 Å². The van der Waals surface area contributed by atoms with Crippen molar-refractivity contribution < 1.29 is 4.79 Å². The largest absolute Gasteiger partial charge is 0.339 e. The van der Waals surface area contributed by atoms with Crippen LogP contribution in [-0.4, -0.2) is 35.5 Å². The number of nitrogens with zero attached hydrogens (tertiary/aromatic N) is 2. The molecular weight excluding hydrogens is 366 g/mol. The van der Waals surface area contributed by atoms with Crippen LogP contribution in [0.5, 0.6) is 0 Å². The minimum atomic E-state index is -0.0163. The number of likely N-dealkylation sites (tertiary alicyclic amines) is 1. The first-order valence-corrected chi connectivity index (χ1v) is 9.10. The SMILES string of the molecule is Cc1cc(C(=O)NCN2CCC(c3ccccn3)CC2)ccc1Br. The molecule has 1 N–H and O–H groups in total. The summed E-state index contributed by atoms with van der Waals surface area (Å²) in [6, 6.07) is 11.8. The molecule has 4 nitrogen and oxygen atoms in total. The molecule has 3 rings (SSSR count). The summed E-state index contributed by atoms with van der Waals surface area (Å²) in [7, 11) is 0. The standard InChI is InChI=1S/C19H22BrN3O/c1-14-12-16(5-6-17(14)20)19(24)22-13-23-10-7-15(8-11-23)18-4-2-3-9-21-18/h2-6,9,12,15H,7-8,10-11,13H2,1H3,(H,22,24). The Morgan fingerprint density at radius 1 is 1.29 bits per heavy atom. The highest BCUT2D eigenvalue weighted by molar-refractivity contribution is 9.10. The number of aryl methyl sites for hydroxylation is 1. The zero-order valence-corrected chi connectivity index (χ0v) is 15.4. The van der Waals surface area contributed by atoms with Crippen molar-refractivity contribution in [3.8, 4) is 0 Å². The topological polar surface area (TPSA) is 45.2 Å². The third-order valence-corrected chi connectivity index (χ3v) is 5.47. The molecule has 1 aromatic carbocycles. The molecule has 0 atom stereocenters. The number of carbonyl (C=O) groups is 1. The molecule has 5 heteroatoms. The minimum Gasteiger partial charge on any atom is -0.339 e. The van der Waals surface area contributed by atoms with Gasteiger partial charge in [-0.1, -0.05) is 22.0 Å². The predicted octanol–water partition coefficient (Wildman–Crippen LogP) is 3.72. The average molecular weight is 388 g/mol. The van der Waals surface area contributed by atoms with Crippen molar-refractivity contribution in [1.29, 1.82) is 0 Å². The molecule has 1 fully saturated rings. The van der Waals surface area contributed by atoms with Gasteiger partial charge in [-0.3, -0.25) is 14.7 Å². The van der Waals surface area contributed by atoms with Crippen LogP contribution in [-0.2, 0) is 0 Å². The lowest BCUT2D eigenvalue weighted by Gasteiger charge is -2.31. The molecule has 126 valence electrons. The van der Waals surface area contributed by atoms with Crippen LogP contribution in [0.1, 0.15) is 40.4 Å². The Morgan fingerprint density at radius 2 is 2.08 bits per heavy atom. The first-order chi connectivity index (χ1) is 11.6. The number of hydrogen-bond donors (Lipinski definition) is 1. The van der Waals surface area contributed by atoms with Crippen molar-refractivity contribution in [2.45, 2.75) is 25.7 Å². The maximum atomic E-state index is 12.3. The van der Waals surface area contributed by atoms with Gasteiger partial charge in [0.05, 0.1) is 6.67 Å². The monoisotopic (exact) mass is 387 g/mol.